The number of allylic oxidation sites excluding steroid dienone is 2. The Hall–Kier alpha value is -0.900. The summed E-state index contributed by atoms with van der Waals surface area (Å²) in [5.74, 6) is 1.04. The van der Waals surface area contributed by atoms with Crippen molar-refractivity contribution in [3.8, 4) is 0 Å². The Bertz CT molecular complexity index is 607. The highest BCUT2D eigenvalue weighted by Crippen LogP contribution is 2.45. The molecular weight excluding hydrogens is 428 g/mol. The monoisotopic (exact) mass is 466 g/mol. The average Bonchev–Trinajstić information content (AvgIpc) is 2.89. The summed E-state index contributed by atoms with van der Waals surface area (Å²) in [4.78, 5) is 24.7. The maximum atomic E-state index is 12.5. The van der Waals surface area contributed by atoms with Crippen LogP contribution in [-0.2, 0) is 14.3 Å². The molecule has 0 heterocycles. The zero-order valence-corrected chi connectivity index (χ0v) is 20.0. The van der Waals surface area contributed by atoms with Crippen LogP contribution in [0, 0.1) is 17.8 Å². The van der Waals surface area contributed by atoms with Crippen molar-refractivity contribution in [3.63, 3.8) is 0 Å². The number of fused-ring (bicyclic) bond motifs is 1. The number of alkyl halides is 1. The van der Waals surface area contributed by atoms with E-state index in [1.54, 1.807) is 0 Å². The van der Waals surface area contributed by atoms with E-state index in [0.717, 1.165) is 43.0 Å². The molecule has 29 heavy (non-hydrogen) atoms. The summed E-state index contributed by atoms with van der Waals surface area (Å²) in [6, 6.07) is 0. The molecule has 4 heteroatoms. The molecule has 2 aliphatic carbocycles. The van der Waals surface area contributed by atoms with Crippen LogP contribution in [0.15, 0.2) is 23.3 Å². The highest BCUT2D eigenvalue weighted by Gasteiger charge is 2.38. The van der Waals surface area contributed by atoms with E-state index in [1.165, 1.54) is 44.1 Å². The minimum Gasteiger partial charge on any atom is -0.462 e. The van der Waals surface area contributed by atoms with E-state index in [2.05, 4.69) is 29.4 Å². The third kappa shape index (κ3) is 7.38. The number of hydrogen-bond donors (Lipinski definition) is 0. The normalized spacial score (nSPS) is 24.4. The van der Waals surface area contributed by atoms with Gasteiger partial charge >= 0.3 is 5.97 Å². The fourth-order valence-electron chi connectivity index (χ4n) is 4.79. The van der Waals surface area contributed by atoms with E-state index in [0.29, 0.717) is 30.4 Å². The molecule has 0 radical (unpaired) electrons. The lowest BCUT2D eigenvalue weighted by molar-refractivity contribution is -0.139. The molecule has 164 valence electrons. The van der Waals surface area contributed by atoms with E-state index in [-0.39, 0.29) is 17.7 Å². The molecule has 3 nitrogen and oxygen atoms in total. The maximum absolute atomic E-state index is 12.5. The summed E-state index contributed by atoms with van der Waals surface area (Å²) in [5, 5.41) is 1.11. The molecule has 0 amide bonds. The third-order valence-electron chi connectivity index (χ3n) is 6.89. The van der Waals surface area contributed by atoms with Gasteiger partial charge in [0.1, 0.15) is 0 Å². The van der Waals surface area contributed by atoms with Crippen molar-refractivity contribution in [3.05, 3.63) is 23.3 Å². The number of rotatable bonds is 12. The molecule has 0 N–H and O–H groups in total. The van der Waals surface area contributed by atoms with Crippen LogP contribution in [0.25, 0.3) is 0 Å². The molecular formula is C25H39BrO3. The van der Waals surface area contributed by atoms with Crippen molar-refractivity contribution in [1.82, 2.24) is 0 Å². The molecule has 0 aliphatic heterocycles. The van der Waals surface area contributed by atoms with Gasteiger partial charge in [-0.25, -0.2) is 4.79 Å². The first kappa shape index (κ1) is 24.4. The summed E-state index contributed by atoms with van der Waals surface area (Å²) in [5.41, 5.74) is 2.81. The standard InChI is InChI=1S/C25H39BrO3/c1-18-12-13-21(16-23-20(3)24(27)17-22(18)23)19(2)25(28)29-15-11-9-7-5-4-6-8-10-14-26/h18,21-22H,2,4-17H2,1,3H3/t18-,21?,22-/m1/s1. The lowest BCUT2D eigenvalue weighted by Gasteiger charge is -2.19. The first-order chi connectivity index (χ1) is 14.0. The number of esters is 1. The SMILES string of the molecule is C=C(C(=O)OCCCCCCCCCCBr)C1CC[C@@H](C)[C@H]2CC(=O)C(C)=C2C1. The van der Waals surface area contributed by atoms with Crippen LogP contribution >= 0.6 is 15.9 Å². The molecule has 1 saturated carbocycles. The van der Waals surface area contributed by atoms with Crippen LogP contribution < -0.4 is 0 Å². The highest BCUT2D eigenvalue weighted by atomic mass is 79.9. The van der Waals surface area contributed by atoms with Crippen LogP contribution in [0.1, 0.15) is 90.9 Å². The van der Waals surface area contributed by atoms with Crippen LogP contribution in [0.2, 0.25) is 0 Å². The Morgan fingerprint density at radius 3 is 2.31 bits per heavy atom. The van der Waals surface area contributed by atoms with Crippen molar-refractivity contribution in [2.45, 2.75) is 90.9 Å². The number of carbonyl (C=O) groups excluding carboxylic acids is 2. The molecule has 0 aromatic heterocycles. The summed E-state index contributed by atoms with van der Waals surface area (Å²) in [7, 11) is 0. The van der Waals surface area contributed by atoms with Crippen LogP contribution in [0.4, 0.5) is 0 Å². The van der Waals surface area contributed by atoms with E-state index >= 15 is 0 Å². The second-order valence-electron chi connectivity index (χ2n) is 9.02. The summed E-state index contributed by atoms with van der Waals surface area (Å²) < 4.78 is 5.52. The average molecular weight is 467 g/mol. The summed E-state index contributed by atoms with van der Waals surface area (Å²) in [6.45, 7) is 8.77. The van der Waals surface area contributed by atoms with Crippen LogP contribution in [0.5, 0.6) is 0 Å². The van der Waals surface area contributed by atoms with Gasteiger partial charge in [0.2, 0.25) is 0 Å². The molecule has 2 aliphatic rings. The second kappa shape index (κ2) is 12.7. The Balaban J connectivity index is 1.68. The van der Waals surface area contributed by atoms with Gasteiger partial charge < -0.3 is 4.74 Å². The topological polar surface area (TPSA) is 43.4 Å². The first-order valence-electron chi connectivity index (χ1n) is 11.6. The van der Waals surface area contributed by atoms with E-state index in [1.807, 2.05) is 6.92 Å². The van der Waals surface area contributed by atoms with Crippen molar-refractivity contribution >= 4 is 27.7 Å². The van der Waals surface area contributed by atoms with Crippen molar-refractivity contribution in [1.29, 1.82) is 0 Å². The third-order valence-corrected chi connectivity index (χ3v) is 7.45. The van der Waals surface area contributed by atoms with Gasteiger partial charge in [-0.15, -0.1) is 0 Å². The Labute approximate surface area is 185 Å². The minimum absolute atomic E-state index is 0.116. The number of ketones is 1. The smallest absolute Gasteiger partial charge is 0.333 e. The molecule has 1 unspecified atom stereocenters. The molecule has 0 bridgehead atoms. The van der Waals surface area contributed by atoms with Crippen LogP contribution in [-0.4, -0.2) is 23.7 Å². The predicted molar refractivity (Wildman–Crippen MR) is 123 cm³/mol. The molecule has 3 atom stereocenters. The number of unbranched alkanes of at least 4 members (excludes halogenated alkanes) is 7. The van der Waals surface area contributed by atoms with E-state index in [4.69, 9.17) is 4.74 Å². The molecule has 2 rings (SSSR count). The van der Waals surface area contributed by atoms with Gasteiger partial charge in [0.25, 0.3) is 0 Å². The van der Waals surface area contributed by atoms with Gasteiger partial charge in [-0.3, -0.25) is 4.79 Å². The molecule has 0 saturated heterocycles. The number of Topliss-reactive ketones (excluding diaryl/α,β-unsaturated/α-hetero) is 1. The molecule has 1 fully saturated rings. The summed E-state index contributed by atoms with van der Waals surface area (Å²) >= 11 is 3.47. The lowest BCUT2D eigenvalue weighted by Crippen LogP contribution is -2.16. The highest BCUT2D eigenvalue weighted by molar-refractivity contribution is 9.09. The zero-order valence-electron chi connectivity index (χ0n) is 18.4. The van der Waals surface area contributed by atoms with Gasteiger partial charge in [0.15, 0.2) is 5.78 Å². The number of ether oxygens (including phenoxy) is 1. The first-order valence-corrected chi connectivity index (χ1v) is 12.7. The van der Waals surface area contributed by atoms with Crippen LogP contribution in [0.3, 0.4) is 0 Å². The Kier molecular flexibility index (Phi) is 10.7. The lowest BCUT2D eigenvalue weighted by atomic mass is 9.86. The minimum atomic E-state index is -0.238. The van der Waals surface area contributed by atoms with Gasteiger partial charge in [0.05, 0.1) is 6.61 Å². The fourth-order valence-corrected chi connectivity index (χ4v) is 5.19. The van der Waals surface area contributed by atoms with E-state index in [9.17, 15) is 9.59 Å². The van der Waals surface area contributed by atoms with Crippen molar-refractivity contribution < 1.29 is 14.3 Å². The number of hydrogen-bond acceptors (Lipinski definition) is 3. The Morgan fingerprint density at radius 2 is 1.66 bits per heavy atom. The van der Waals surface area contributed by atoms with Crippen molar-refractivity contribution in [2.24, 2.45) is 17.8 Å². The van der Waals surface area contributed by atoms with Gasteiger partial charge in [-0.1, -0.05) is 73.5 Å². The van der Waals surface area contributed by atoms with E-state index < -0.39 is 0 Å². The van der Waals surface area contributed by atoms with Gasteiger partial charge in [0, 0.05) is 17.3 Å². The van der Waals surface area contributed by atoms with Gasteiger partial charge in [-0.2, -0.15) is 0 Å². The molecule has 0 spiro atoms. The van der Waals surface area contributed by atoms with Gasteiger partial charge in [-0.05, 0) is 62.4 Å². The van der Waals surface area contributed by atoms with Crippen molar-refractivity contribution in [2.75, 3.05) is 11.9 Å². The maximum Gasteiger partial charge on any atom is 0.333 e. The predicted octanol–water partition coefficient (Wildman–Crippen LogP) is 6.94. The molecule has 0 aromatic rings. The number of carbonyl (C=O) groups is 2. The Morgan fingerprint density at radius 1 is 1.03 bits per heavy atom. The largest absolute Gasteiger partial charge is 0.462 e. The molecule has 0 aromatic carbocycles. The second-order valence-corrected chi connectivity index (χ2v) is 9.81. The summed E-state index contributed by atoms with van der Waals surface area (Å²) in [6.07, 6.45) is 13.2. The fraction of sp³-hybridized carbons (Fsp3) is 0.760. The number of halogens is 1. The zero-order chi connectivity index (χ0) is 21.2. The quantitative estimate of drug-likeness (QED) is 0.135.